The highest BCUT2D eigenvalue weighted by Crippen LogP contribution is 2.30. The van der Waals surface area contributed by atoms with Gasteiger partial charge < -0.3 is 0 Å². The second kappa shape index (κ2) is 5.18. The second-order valence-corrected chi connectivity index (χ2v) is 7.39. The van der Waals surface area contributed by atoms with E-state index in [1.54, 1.807) is 11.4 Å². The van der Waals surface area contributed by atoms with Crippen LogP contribution in [-0.4, -0.2) is 8.42 Å². The van der Waals surface area contributed by atoms with Crippen LogP contribution in [0.25, 0.3) is 0 Å². The zero-order valence-electron chi connectivity index (χ0n) is 9.58. The summed E-state index contributed by atoms with van der Waals surface area (Å²) in [6, 6.07) is 3.33. The van der Waals surface area contributed by atoms with Crippen LogP contribution in [0.4, 0.5) is 14.5 Å². The van der Waals surface area contributed by atoms with Crippen molar-refractivity contribution >= 4 is 43.0 Å². The highest BCUT2D eigenvalue weighted by Gasteiger charge is 2.21. The monoisotopic (exact) mass is 367 g/mol. The Balaban J connectivity index is 2.42. The Hall–Kier alpha value is -0.990. The highest BCUT2D eigenvalue weighted by atomic mass is 79.9. The molecule has 1 aromatic carbocycles. The van der Waals surface area contributed by atoms with E-state index in [1.807, 2.05) is 4.72 Å². The SMILES string of the molecule is Cc1cc(F)c(NS(=O)(=O)c2sccc2Br)cc1F. The predicted octanol–water partition coefficient (Wildman–Crippen LogP) is 3.90. The third kappa shape index (κ3) is 2.96. The molecule has 1 aromatic heterocycles. The van der Waals surface area contributed by atoms with Gasteiger partial charge in [-0.1, -0.05) is 0 Å². The van der Waals surface area contributed by atoms with Gasteiger partial charge in [0.15, 0.2) is 4.21 Å². The molecule has 3 nitrogen and oxygen atoms in total. The van der Waals surface area contributed by atoms with Crippen LogP contribution < -0.4 is 4.72 Å². The smallest absolute Gasteiger partial charge is 0.272 e. The summed E-state index contributed by atoms with van der Waals surface area (Å²) in [5.41, 5.74) is -0.304. The Kier molecular flexibility index (Phi) is 3.93. The highest BCUT2D eigenvalue weighted by molar-refractivity contribution is 9.10. The van der Waals surface area contributed by atoms with Gasteiger partial charge in [-0.3, -0.25) is 4.72 Å². The number of benzene rings is 1. The van der Waals surface area contributed by atoms with Crippen LogP contribution in [0.15, 0.2) is 32.3 Å². The van der Waals surface area contributed by atoms with Crippen LogP contribution in [-0.2, 0) is 10.0 Å². The van der Waals surface area contributed by atoms with E-state index in [1.165, 1.54) is 6.92 Å². The number of rotatable bonds is 3. The zero-order chi connectivity index (χ0) is 14.2. The molecule has 0 aliphatic heterocycles. The van der Waals surface area contributed by atoms with Crippen molar-refractivity contribution in [2.24, 2.45) is 0 Å². The molecule has 102 valence electrons. The predicted molar refractivity (Wildman–Crippen MR) is 73.9 cm³/mol. The molecule has 0 saturated heterocycles. The summed E-state index contributed by atoms with van der Waals surface area (Å²) in [4.78, 5) is 0. The summed E-state index contributed by atoms with van der Waals surface area (Å²) >= 11 is 4.06. The standard InChI is InChI=1S/C11H8BrF2NO2S2/c1-6-4-9(14)10(5-8(6)13)15-19(16,17)11-7(12)2-3-18-11/h2-5,15H,1H3. The molecule has 0 atom stereocenters. The molecular weight excluding hydrogens is 360 g/mol. The van der Waals surface area contributed by atoms with Gasteiger partial charge in [-0.15, -0.1) is 11.3 Å². The lowest BCUT2D eigenvalue weighted by Crippen LogP contribution is -2.13. The van der Waals surface area contributed by atoms with Gasteiger partial charge >= 0.3 is 0 Å². The quantitative estimate of drug-likeness (QED) is 0.893. The van der Waals surface area contributed by atoms with Crippen LogP contribution in [0.2, 0.25) is 0 Å². The lowest BCUT2D eigenvalue weighted by atomic mass is 10.2. The summed E-state index contributed by atoms with van der Waals surface area (Å²) in [6.07, 6.45) is 0. The Morgan fingerprint density at radius 1 is 1.26 bits per heavy atom. The molecule has 0 amide bonds. The van der Waals surface area contributed by atoms with Crippen molar-refractivity contribution in [1.82, 2.24) is 0 Å². The molecule has 2 rings (SSSR count). The molecule has 0 unspecified atom stereocenters. The van der Waals surface area contributed by atoms with Gasteiger partial charge in [-0.2, -0.15) is 0 Å². The fourth-order valence-corrected chi connectivity index (χ4v) is 4.78. The molecule has 0 aliphatic carbocycles. The van der Waals surface area contributed by atoms with Crippen LogP contribution in [0.5, 0.6) is 0 Å². The third-order valence-electron chi connectivity index (χ3n) is 2.32. The maximum absolute atomic E-state index is 13.6. The number of aryl methyl sites for hydroxylation is 1. The van der Waals surface area contributed by atoms with E-state index in [2.05, 4.69) is 15.9 Å². The van der Waals surface area contributed by atoms with E-state index in [-0.39, 0.29) is 9.77 Å². The average molecular weight is 368 g/mol. The number of sulfonamides is 1. The molecule has 1 heterocycles. The van der Waals surface area contributed by atoms with E-state index in [0.717, 1.165) is 23.5 Å². The first-order valence-corrected chi connectivity index (χ1v) is 8.18. The van der Waals surface area contributed by atoms with E-state index in [0.29, 0.717) is 4.47 Å². The van der Waals surface area contributed by atoms with Crippen molar-refractivity contribution in [2.45, 2.75) is 11.1 Å². The van der Waals surface area contributed by atoms with Gasteiger partial charge in [0.25, 0.3) is 10.0 Å². The topological polar surface area (TPSA) is 46.2 Å². The summed E-state index contributed by atoms with van der Waals surface area (Å²) < 4.78 is 53.4. The lowest BCUT2D eigenvalue weighted by Gasteiger charge is -2.09. The van der Waals surface area contributed by atoms with Crippen LogP contribution in [0, 0.1) is 18.6 Å². The number of halogens is 3. The largest absolute Gasteiger partial charge is 0.276 e. The zero-order valence-corrected chi connectivity index (χ0v) is 12.8. The number of nitrogens with one attached hydrogen (secondary N) is 1. The van der Waals surface area contributed by atoms with Crippen molar-refractivity contribution in [1.29, 1.82) is 0 Å². The first-order chi connectivity index (χ1) is 8.81. The van der Waals surface area contributed by atoms with Gasteiger partial charge in [-0.25, -0.2) is 17.2 Å². The van der Waals surface area contributed by atoms with E-state index >= 15 is 0 Å². The number of anilines is 1. The summed E-state index contributed by atoms with van der Waals surface area (Å²) in [5, 5.41) is 1.57. The lowest BCUT2D eigenvalue weighted by molar-refractivity contribution is 0.591. The van der Waals surface area contributed by atoms with Crippen molar-refractivity contribution in [2.75, 3.05) is 4.72 Å². The molecule has 2 aromatic rings. The Bertz CT molecular complexity index is 728. The van der Waals surface area contributed by atoms with Crippen LogP contribution >= 0.6 is 27.3 Å². The maximum atomic E-state index is 13.6. The minimum absolute atomic E-state index is 0.00730. The maximum Gasteiger partial charge on any atom is 0.272 e. The van der Waals surface area contributed by atoms with E-state index in [4.69, 9.17) is 0 Å². The van der Waals surface area contributed by atoms with E-state index in [9.17, 15) is 17.2 Å². The molecule has 19 heavy (non-hydrogen) atoms. The van der Waals surface area contributed by atoms with Gasteiger partial charge in [-0.05, 0) is 45.9 Å². The van der Waals surface area contributed by atoms with Gasteiger partial charge in [0.1, 0.15) is 11.6 Å². The minimum atomic E-state index is -3.94. The molecule has 0 aliphatic rings. The summed E-state index contributed by atoms with van der Waals surface area (Å²) in [7, 11) is -3.94. The van der Waals surface area contributed by atoms with Crippen molar-refractivity contribution < 1.29 is 17.2 Å². The molecule has 0 radical (unpaired) electrons. The number of hydrogen-bond donors (Lipinski definition) is 1. The fraction of sp³-hybridized carbons (Fsp3) is 0.0909. The fourth-order valence-electron chi connectivity index (χ4n) is 1.39. The van der Waals surface area contributed by atoms with Crippen LogP contribution in [0.3, 0.4) is 0 Å². The molecule has 0 fully saturated rings. The number of thiophene rings is 1. The van der Waals surface area contributed by atoms with Gasteiger partial charge in [0, 0.05) is 10.5 Å². The molecule has 0 bridgehead atoms. The Morgan fingerprint density at radius 2 is 1.95 bits per heavy atom. The van der Waals surface area contributed by atoms with E-state index < -0.39 is 27.3 Å². The number of hydrogen-bond acceptors (Lipinski definition) is 3. The molecule has 8 heteroatoms. The molecular formula is C11H8BrF2NO2S2. The first-order valence-electron chi connectivity index (χ1n) is 5.03. The van der Waals surface area contributed by atoms with Crippen molar-refractivity contribution in [3.05, 3.63) is 45.2 Å². The second-order valence-electron chi connectivity index (χ2n) is 3.74. The van der Waals surface area contributed by atoms with Crippen molar-refractivity contribution in [3.8, 4) is 0 Å². The molecule has 0 spiro atoms. The molecule has 1 N–H and O–H groups in total. The Morgan fingerprint density at radius 3 is 2.53 bits per heavy atom. The van der Waals surface area contributed by atoms with Gasteiger partial charge in [0.2, 0.25) is 0 Å². The summed E-state index contributed by atoms with van der Waals surface area (Å²) in [5.74, 6) is -1.50. The Labute approximate surface area is 121 Å². The minimum Gasteiger partial charge on any atom is -0.276 e. The summed E-state index contributed by atoms with van der Waals surface area (Å²) in [6.45, 7) is 1.40. The normalized spacial score (nSPS) is 11.6. The van der Waals surface area contributed by atoms with Crippen LogP contribution in [0.1, 0.15) is 5.56 Å². The molecule has 0 saturated carbocycles. The third-order valence-corrected chi connectivity index (χ3v) is 6.36. The van der Waals surface area contributed by atoms with Crippen molar-refractivity contribution in [3.63, 3.8) is 0 Å². The van der Waals surface area contributed by atoms with Gasteiger partial charge in [0.05, 0.1) is 5.69 Å². The first kappa shape index (κ1) is 14.4. The average Bonchev–Trinajstić information content (AvgIpc) is 2.73.